The molecule has 2 aromatic heterocycles. The highest BCUT2D eigenvalue weighted by atomic mass is 35.5. The van der Waals surface area contributed by atoms with Crippen molar-refractivity contribution in [2.24, 2.45) is 7.05 Å². The summed E-state index contributed by atoms with van der Waals surface area (Å²) < 4.78 is 14.9. The molecule has 0 bridgehead atoms. The fourth-order valence-corrected chi connectivity index (χ4v) is 2.99. The molecule has 0 unspecified atom stereocenters. The lowest BCUT2D eigenvalue weighted by Crippen LogP contribution is -2.14. The van der Waals surface area contributed by atoms with Gasteiger partial charge in [0.2, 0.25) is 5.91 Å². The molecule has 0 aliphatic heterocycles. The van der Waals surface area contributed by atoms with E-state index in [1.807, 2.05) is 23.7 Å². The van der Waals surface area contributed by atoms with Crippen LogP contribution in [0.25, 0.3) is 11.4 Å². The van der Waals surface area contributed by atoms with Gasteiger partial charge in [0.1, 0.15) is 5.82 Å². The summed E-state index contributed by atoms with van der Waals surface area (Å²) in [5.74, 6) is 0.0469. The number of carbonyl (C=O) groups excluding carboxylic acids is 1. The molecular weight excluding hydrogens is 365 g/mol. The highest BCUT2D eigenvalue weighted by Crippen LogP contribution is 2.23. The van der Waals surface area contributed by atoms with E-state index >= 15 is 0 Å². The highest BCUT2D eigenvalue weighted by Gasteiger charge is 2.13. The SMILES string of the molecule is Cn1c(SCC(=O)Nc2ccc(F)c(Cl)c2)nnc1-c1ccncc1. The number of amides is 1. The molecule has 128 valence electrons. The smallest absolute Gasteiger partial charge is 0.234 e. The predicted molar refractivity (Wildman–Crippen MR) is 95.0 cm³/mol. The number of pyridine rings is 1. The van der Waals surface area contributed by atoms with Crippen LogP contribution >= 0.6 is 23.4 Å². The molecule has 0 saturated heterocycles. The third kappa shape index (κ3) is 4.15. The van der Waals surface area contributed by atoms with E-state index in [4.69, 9.17) is 11.6 Å². The zero-order valence-corrected chi connectivity index (χ0v) is 14.7. The Kier molecular flexibility index (Phi) is 5.30. The molecule has 0 saturated carbocycles. The van der Waals surface area contributed by atoms with Crippen LogP contribution in [0.5, 0.6) is 0 Å². The Bertz CT molecular complexity index is 903. The molecular formula is C16H13ClFN5OS. The predicted octanol–water partition coefficient (Wildman–Crippen LogP) is 3.40. The Morgan fingerprint density at radius 3 is 2.76 bits per heavy atom. The summed E-state index contributed by atoms with van der Waals surface area (Å²) in [5.41, 5.74) is 1.33. The molecule has 0 spiro atoms. The van der Waals surface area contributed by atoms with Gasteiger partial charge >= 0.3 is 0 Å². The molecule has 3 rings (SSSR count). The van der Waals surface area contributed by atoms with Gasteiger partial charge in [-0.2, -0.15) is 0 Å². The summed E-state index contributed by atoms with van der Waals surface area (Å²) in [7, 11) is 1.83. The first-order valence-electron chi connectivity index (χ1n) is 7.22. The molecule has 0 fully saturated rings. The van der Waals surface area contributed by atoms with Gasteiger partial charge in [0, 0.05) is 30.7 Å². The summed E-state index contributed by atoms with van der Waals surface area (Å²) in [5, 5.41) is 11.5. The first-order chi connectivity index (χ1) is 12.0. The number of thioether (sulfide) groups is 1. The zero-order chi connectivity index (χ0) is 17.8. The largest absolute Gasteiger partial charge is 0.325 e. The van der Waals surface area contributed by atoms with Gasteiger partial charge in [0.25, 0.3) is 0 Å². The minimum absolute atomic E-state index is 0.0410. The number of hydrogen-bond acceptors (Lipinski definition) is 5. The molecule has 1 N–H and O–H groups in total. The van der Waals surface area contributed by atoms with Gasteiger partial charge in [-0.3, -0.25) is 9.78 Å². The second-order valence-electron chi connectivity index (χ2n) is 5.07. The minimum Gasteiger partial charge on any atom is -0.325 e. The van der Waals surface area contributed by atoms with Crippen molar-refractivity contribution in [2.75, 3.05) is 11.1 Å². The molecule has 0 aliphatic rings. The molecule has 0 aliphatic carbocycles. The molecule has 6 nitrogen and oxygen atoms in total. The van der Waals surface area contributed by atoms with E-state index in [2.05, 4.69) is 20.5 Å². The maximum atomic E-state index is 13.1. The number of aromatic nitrogens is 4. The summed E-state index contributed by atoms with van der Waals surface area (Å²) in [6, 6.07) is 7.69. The molecule has 9 heteroatoms. The van der Waals surface area contributed by atoms with Gasteiger partial charge in [-0.05, 0) is 30.3 Å². The van der Waals surface area contributed by atoms with Crippen molar-refractivity contribution >= 4 is 35.0 Å². The fourth-order valence-electron chi connectivity index (χ4n) is 2.09. The Morgan fingerprint density at radius 2 is 2.04 bits per heavy atom. The maximum Gasteiger partial charge on any atom is 0.234 e. The van der Waals surface area contributed by atoms with Crippen molar-refractivity contribution in [1.82, 2.24) is 19.7 Å². The van der Waals surface area contributed by atoms with Crippen LogP contribution in [0.2, 0.25) is 5.02 Å². The van der Waals surface area contributed by atoms with Gasteiger partial charge in [-0.25, -0.2) is 4.39 Å². The van der Waals surface area contributed by atoms with Crippen LogP contribution in [-0.2, 0) is 11.8 Å². The van der Waals surface area contributed by atoms with Gasteiger partial charge in [-0.15, -0.1) is 10.2 Å². The van der Waals surface area contributed by atoms with Gasteiger partial charge in [0.15, 0.2) is 11.0 Å². The Morgan fingerprint density at radius 1 is 1.28 bits per heavy atom. The summed E-state index contributed by atoms with van der Waals surface area (Å²) >= 11 is 6.95. The van der Waals surface area contributed by atoms with E-state index in [9.17, 15) is 9.18 Å². The number of halogens is 2. The second-order valence-corrected chi connectivity index (χ2v) is 6.42. The number of rotatable bonds is 5. The summed E-state index contributed by atoms with van der Waals surface area (Å²) in [6.07, 6.45) is 3.36. The summed E-state index contributed by atoms with van der Waals surface area (Å²) in [4.78, 5) is 16.0. The lowest BCUT2D eigenvalue weighted by atomic mass is 10.2. The van der Waals surface area contributed by atoms with Crippen LogP contribution in [0.15, 0.2) is 47.9 Å². The molecule has 25 heavy (non-hydrogen) atoms. The van der Waals surface area contributed by atoms with Crippen molar-refractivity contribution in [3.05, 3.63) is 53.6 Å². The topological polar surface area (TPSA) is 72.7 Å². The Labute approximate surface area is 152 Å². The number of anilines is 1. The molecule has 0 atom stereocenters. The maximum absolute atomic E-state index is 13.1. The number of nitrogens with zero attached hydrogens (tertiary/aromatic N) is 4. The molecule has 1 amide bonds. The van der Waals surface area contributed by atoms with Crippen LogP contribution in [-0.4, -0.2) is 31.4 Å². The van der Waals surface area contributed by atoms with E-state index in [0.717, 1.165) is 5.56 Å². The van der Waals surface area contributed by atoms with Crippen molar-refractivity contribution in [3.63, 3.8) is 0 Å². The van der Waals surface area contributed by atoms with E-state index in [0.29, 0.717) is 16.7 Å². The second kappa shape index (κ2) is 7.62. The van der Waals surface area contributed by atoms with Crippen LogP contribution in [0.3, 0.4) is 0 Å². The molecule has 1 aromatic carbocycles. The van der Waals surface area contributed by atoms with Crippen molar-refractivity contribution in [2.45, 2.75) is 5.16 Å². The zero-order valence-electron chi connectivity index (χ0n) is 13.1. The quantitative estimate of drug-likeness (QED) is 0.690. The third-order valence-electron chi connectivity index (χ3n) is 3.31. The van der Waals surface area contributed by atoms with E-state index in [-0.39, 0.29) is 16.7 Å². The molecule has 3 aromatic rings. The average Bonchev–Trinajstić information content (AvgIpc) is 2.98. The highest BCUT2D eigenvalue weighted by molar-refractivity contribution is 7.99. The molecule has 0 radical (unpaired) electrons. The third-order valence-corrected chi connectivity index (χ3v) is 4.62. The lowest BCUT2D eigenvalue weighted by Gasteiger charge is -2.06. The van der Waals surface area contributed by atoms with Gasteiger partial charge < -0.3 is 9.88 Å². The van der Waals surface area contributed by atoms with Gasteiger partial charge in [-0.1, -0.05) is 23.4 Å². The van der Waals surface area contributed by atoms with Crippen molar-refractivity contribution in [1.29, 1.82) is 0 Å². The number of carbonyl (C=O) groups is 1. The van der Waals surface area contributed by atoms with Crippen LogP contribution in [0.1, 0.15) is 0 Å². The van der Waals surface area contributed by atoms with Gasteiger partial charge in [0.05, 0.1) is 10.8 Å². The Hall–Kier alpha value is -2.45. The van der Waals surface area contributed by atoms with E-state index < -0.39 is 5.82 Å². The molecule has 2 heterocycles. The first kappa shape index (κ1) is 17.4. The number of nitrogens with one attached hydrogen (secondary N) is 1. The van der Waals surface area contributed by atoms with Crippen LogP contribution < -0.4 is 5.32 Å². The van der Waals surface area contributed by atoms with Crippen LogP contribution in [0, 0.1) is 5.82 Å². The normalized spacial score (nSPS) is 10.7. The van der Waals surface area contributed by atoms with E-state index in [1.54, 1.807) is 12.4 Å². The summed E-state index contributed by atoms with van der Waals surface area (Å²) in [6.45, 7) is 0. The standard InChI is InChI=1S/C16H13ClFN5OS/c1-23-15(10-4-6-19-7-5-10)21-22-16(23)25-9-14(24)20-11-2-3-13(18)12(17)8-11/h2-8H,9H2,1H3,(H,20,24). The lowest BCUT2D eigenvalue weighted by molar-refractivity contribution is -0.113. The Balaban J connectivity index is 1.63. The minimum atomic E-state index is -0.531. The number of hydrogen-bond donors (Lipinski definition) is 1. The van der Waals surface area contributed by atoms with Crippen molar-refractivity contribution in [3.8, 4) is 11.4 Å². The first-order valence-corrected chi connectivity index (χ1v) is 8.58. The van der Waals surface area contributed by atoms with Crippen molar-refractivity contribution < 1.29 is 9.18 Å². The average molecular weight is 378 g/mol. The number of benzene rings is 1. The monoisotopic (exact) mass is 377 g/mol. The van der Waals surface area contributed by atoms with Crippen LogP contribution in [0.4, 0.5) is 10.1 Å². The van der Waals surface area contributed by atoms with E-state index in [1.165, 1.54) is 30.0 Å². The fraction of sp³-hybridized carbons (Fsp3) is 0.125.